The van der Waals surface area contributed by atoms with E-state index in [9.17, 15) is 9.59 Å². The van der Waals surface area contributed by atoms with Crippen molar-refractivity contribution in [2.24, 2.45) is 5.92 Å². The van der Waals surface area contributed by atoms with Crippen LogP contribution in [0.25, 0.3) is 0 Å². The smallest absolute Gasteiger partial charge is 0.319 e. The summed E-state index contributed by atoms with van der Waals surface area (Å²) in [5.41, 5.74) is 0. The number of carbonyl (C=O) groups excluding carboxylic acids is 2. The molecular weight excluding hydrogens is 284 g/mol. The number of hydrogen-bond acceptors (Lipinski definition) is 4. The summed E-state index contributed by atoms with van der Waals surface area (Å²) < 4.78 is 10.8. The van der Waals surface area contributed by atoms with Gasteiger partial charge in [-0.1, -0.05) is 0 Å². The molecule has 0 aromatic carbocycles. The van der Waals surface area contributed by atoms with Crippen molar-refractivity contribution >= 4 is 12.0 Å². The fourth-order valence-corrected chi connectivity index (χ4v) is 3.48. The fourth-order valence-electron chi connectivity index (χ4n) is 3.48. The Balaban J connectivity index is 1.38. The molecule has 3 fully saturated rings. The van der Waals surface area contributed by atoms with Crippen LogP contribution in [0.5, 0.6) is 0 Å². The molecule has 0 aromatic heterocycles. The van der Waals surface area contributed by atoms with Crippen molar-refractivity contribution in [1.82, 2.24) is 9.80 Å². The number of esters is 1. The van der Waals surface area contributed by atoms with Gasteiger partial charge in [-0.25, -0.2) is 4.79 Å². The molecule has 0 saturated carbocycles. The number of carbonyl (C=O) groups is 2. The van der Waals surface area contributed by atoms with E-state index in [1.807, 2.05) is 9.80 Å². The van der Waals surface area contributed by atoms with Crippen LogP contribution in [0, 0.1) is 5.92 Å². The van der Waals surface area contributed by atoms with Gasteiger partial charge >= 0.3 is 12.0 Å². The summed E-state index contributed by atoms with van der Waals surface area (Å²) in [5, 5.41) is 0. The molecule has 6 nitrogen and oxygen atoms in total. The average Bonchev–Trinajstić information content (AvgIpc) is 3.25. The van der Waals surface area contributed by atoms with Gasteiger partial charge in [0.15, 0.2) is 0 Å². The Bertz CT molecular complexity index is 395. The molecule has 3 heterocycles. The molecule has 0 aromatic rings. The summed E-state index contributed by atoms with van der Waals surface area (Å²) in [6, 6.07) is 0.142. The highest BCUT2D eigenvalue weighted by molar-refractivity contribution is 5.76. The zero-order valence-electron chi connectivity index (χ0n) is 13.2. The first-order valence-electron chi connectivity index (χ1n) is 8.56. The van der Waals surface area contributed by atoms with Gasteiger partial charge in [0.25, 0.3) is 0 Å². The molecule has 0 aliphatic carbocycles. The second-order valence-electron chi connectivity index (χ2n) is 6.50. The van der Waals surface area contributed by atoms with Crippen molar-refractivity contribution in [3.05, 3.63) is 0 Å². The minimum atomic E-state index is -0.122. The quantitative estimate of drug-likeness (QED) is 0.744. The zero-order chi connectivity index (χ0) is 15.4. The van der Waals surface area contributed by atoms with Crippen LogP contribution in [-0.2, 0) is 14.3 Å². The first-order chi connectivity index (χ1) is 10.7. The van der Waals surface area contributed by atoms with Crippen molar-refractivity contribution in [3.63, 3.8) is 0 Å². The van der Waals surface area contributed by atoms with Crippen LogP contribution in [0.4, 0.5) is 4.79 Å². The maximum Gasteiger partial charge on any atom is 0.319 e. The van der Waals surface area contributed by atoms with Crippen LogP contribution in [-0.4, -0.2) is 67.3 Å². The Kier molecular flexibility index (Phi) is 5.18. The number of amides is 2. The standard InChI is InChI=1S/C16H26N2O4/c19-15(22-12-14-4-3-11-21-14)13-5-9-18(10-6-13)16(20)17-7-1-2-8-17/h13-14H,1-12H2/t14-/m0/s1. The topological polar surface area (TPSA) is 59.1 Å². The van der Waals surface area contributed by atoms with Gasteiger partial charge in [-0.05, 0) is 38.5 Å². The summed E-state index contributed by atoms with van der Waals surface area (Å²) in [6.45, 7) is 4.24. The Hall–Kier alpha value is -1.30. The summed E-state index contributed by atoms with van der Waals surface area (Å²) in [6.07, 6.45) is 5.76. The molecule has 22 heavy (non-hydrogen) atoms. The highest BCUT2D eigenvalue weighted by Gasteiger charge is 2.31. The summed E-state index contributed by atoms with van der Waals surface area (Å²) in [7, 11) is 0. The Morgan fingerprint density at radius 2 is 1.64 bits per heavy atom. The van der Waals surface area contributed by atoms with E-state index >= 15 is 0 Å². The van der Waals surface area contributed by atoms with E-state index in [-0.39, 0.29) is 24.0 Å². The van der Waals surface area contributed by atoms with Crippen LogP contribution in [0.2, 0.25) is 0 Å². The lowest BCUT2D eigenvalue weighted by Gasteiger charge is -2.33. The van der Waals surface area contributed by atoms with E-state index in [4.69, 9.17) is 9.47 Å². The molecule has 3 aliphatic heterocycles. The van der Waals surface area contributed by atoms with Gasteiger partial charge in [-0.2, -0.15) is 0 Å². The molecule has 0 unspecified atom stereocenters. The van der Waals surface area contributed by atoms with Crippen molar-refractivity contribution in [3.8, 4) is 0 Å². The van der Waals surface area contributed by atoms with Crippen molar-refractivity contribution in [2.75, 3.05) is 39.4 Å². The number of urea groups is 1. The molecule has 1 atom stereocenters. The van der Waals surface area contributed by atoms with Gasteiger partial charge in [0.05, 0.1) is 12.0 Å². The molecule has 0 radical (unpaired) electrons. The van der Waals surface area contributed by atoms with E-state index in [1.165, 1.54) is 0 Å². The number of hydrogen-bond donors (Lipinski definition) is 0. The monoisotopic (exact) mass is 310 g/mol. The van der Waals surface area contributed by atoms with Crippen molar-refractivity contribution < 1.29 is 19.1 Å². The number of piperidine rings is 1. The molecular formula is C16H26N2O4. The molecule has 6 heteroatoms. The number of ether oxygens (including phenoxy) is 2. The third-order valence-corrected chi connectivity index (χ3v) is 4.91. The lowest BCUT2D eigenvalue weighted by atomic mass is 9.97. The third-order valence-electron chi connectivity index (χ3n) is 4.91. The summed E-state index contributed by atoms with van der Waals surface area (Å²) >= 11 is 0. The van der Waals surface area contributed by atoms with Crippen LogP contribution in [0.15, 0.2) is 0 Å². The van der Waals surface area contributed by atoms with Crippen molar-refractivity contribution in [2.45, 2.75) is 44.6 Å². The predicted molar refractivity (Wildman–Crippen MR) is 80.4 cm³/mol. The minimum Gasteiger partial charge on any atom is -0.463 e. The second-order valence-corrected chi connectivity index (χ2v) is 6.50. The highest BCUT2D eigenvalue weighted by atomic mass is 16.6. The van der Waals surface area contributed by atoms with Gasteiger partial charge in [-0.3, -0.25) is 4.79 Å². The minimum absolute atomic E-state index is 0.0657. The Morgan fingerprint density at radius 3 is 2.27 bits per heavy atom. The van der Waals surface area contributed by atoms with Gasteiger partial charge in [0.1, 0.15) is 6.61 Å². The van der Waals surface area contributed by atoms with Crippen LogP contribution >= 0.6 is 0 Å². The average molecular weight is 310 g/mol. The molecule has 3 rings (SSSR count). The van der Waals surface area contributed by atoms with Gasteiger partial charge < -0.3 is 19.3 Å². The van der Waals surface area contributed by atoms with E-state index in [1.54, 1.807) is 0 Å². The number of nitrogens with zero attached hydrogens (tertiary/aromatic N) is 2. The SMILES string of the molecule is O=C(OC[C@@H]1CCCO1)C1CCN(C(=O)N2CCCC2)CC1. The molecule has 2 amide bonds. The van der Waals surface area contributed by atoms with Gasteiger partial charge in [0.2, 0.25) is 0 Å². The normalized spacial score (nSPS) is 26.5. The maximum absolute atomic E-state index is 12.3. The first kappa shape index (κ1) is 15.6. The third kappa shape index (κ3) is 3.72. The maximum atomic E-state index is 12.3. The lowest BCUT2D eigenvalue weighted by Crippen LogP contribution is -2.46. The molecule has 0 N–H and O–H groups in total. The van der Waals surface area contributed by atoms with E-state index in [0.29, 0.717) is 32.5 Å². The Morgan fingerprint density at radius 1 is 0.955 bits per heavy atom. The van der Waals surface area contributed by atoms with Crippen LogP contribution in [0.1, 0.15) is 38.5 Å². The molecule has 0 spiro atoms. The molecule has 3 aliphatic rings. The zero-order valence-corrected chi connectivity index (χ0v) is 13.2. The largest absolute Gasteiger partial charge is 0.463 e. The molecule has 3 saturated heterocycles. The van der Waals surface area contributed by atoms with Crippen molar-refractivity contribution in [1.29, 1.82) is 0 Å². The predicted octanol–water partition coefficient (Wildman–Crippen LogP) is 1.64. The Labute approximate surface area is 131 Å². The number of likely N-dealkylation sites (tertiary alicyclic amines) is 2. The van der Waals surface area contributed by atoms with Gasteiger partial charge in [-0.15, -0.1) is 0 Å². The number of rotatable bonds is 3. The highest BCUT2D eigenvalue weighted by Crippen LogP contribution is 2.22. The second kappa shape index (κ2) is 7.31. The van der Waals surface area contributed by atoms with Gasteiger partial charge in [0, 0.05) is 32.8 Å². The van der Waals surface area contributed by atoms with Crippen LogP contribution in [0.3, 0.4) is 0 Å². The molecule has 124 valence electrons. The van der Waals surface area contributed by atoms with E-state index in [0.717, 1.165) is 45.4 Å². The first-order valence-corrected chi connectivity index (χ1v) is 8.56. The van der Waals surface area contributed by atoms with Crippen LogP contribution < -0.4 is 0 Å². The molecule has 0 bridgehead atoms. The summed E-state index contributed by atoms with van der Waals surface area (Å²) in [5.74, 6) is -0.187. The summed E-state index contributed by atoms with van der Waals surface area (Å²) in [4.78, 5) is 28.2. The fraction of sp³-hybridized carbons (Fsp3) is 0.875. The van der Waals surface area contributed by atoms with E-state index in [2.05, 4.69) is 0 Å². The lowest BCUT2D eigenvalue weighted by molar-refractivity contribution is -0.153. The van der Waals surface area contributed by atoms with E-state index < -0.39 is 0 Å².